The smallest absolute Gasteiger partial charge is 0.341 e. The van der Waals surface area contributed by atoms with Gasteiger partial charge >= 0.3 is 18.4 Å². The van der Waals surface area contributed by atoms with E-state index in [9.17, 15) is 49.1 Å². The minimum atomic E-state index is -5.09. The van der Waals surface area contributed by atoms with E-state index in [1.54, 1.807) is 0 Å². The van der Waals surface area contributed by atoms with Crippen molar-refractivity contribution in [3.8, 4) is 0 Å². The number of alkyl halides is 7. The molecular formula is C26H13ClF9N7O2. The third-order valence-corrected chi connectivity index (χ3v) is 7.39. The Labute approximate surface area is 248 Å². The number of rotatable bonds is 6. The first-order valence-electron chi connectivity index (χ1n) is 12.5. The Morgan fingerprint density at radius 1 is 1.00 bits per heavy atom. The highest BCUT2D eigenvalue weighted by Gasteiger charge is 2.40. The molecule has 0 saturated heterocycles. The van der Waals surface area contributed by atoms with E-state index >= 15 is 0 Å². The third-order valence-electron chi connectivity index (χ3n) is 7.04. The molecule has 0 saturated carbocycles. The van der Waals surface area contributed by atoms with Gasteiger partial charge in [-0.15, -0.1) is 10.2 Å². The van der Waals surface area contributed by atoms with Crippen molar-refractivity contribution in [1.29, 1.82) is 0 Å². The molecule has 0 spiro atoms. The van der Waals surface area contributed by atoms with Gasteiger partial charge in [0.2, 0.25) is 0 Å². The Bertz CT molecular complexity index is 2100. The molecule has 45 heavy (non-hydrogen) atoms. The van der Waals surface area contributed by atoms with Crippen LogP contribution in [0.1, 0.15) is 39.6 Å². The highest BCUT2D eigenvalue weighted by Crippen LogP contribution is 2.45. The lowest BCUT2D eigenvalue weighted by atomic mass is 9.95. The second kappa shape index (κ2) is 10.6. The maximum atomic E-state index is 14.4. The lowest BCUT2D eigenvalue weighted by Crippen LogP contribution is -2.27. The highest BCUT2D eigenvalue weighted by molar-refractivity contribution is 6.31. The van der Waals surface area contributed by atoms with Gasteiger partial charge in [-0.2, -0.15) is 22.0 Å². The summed E-state index contributed by atoms with van der Waals surface area (Å²) in [6.07, 6.45) is -8.32. The molecule has 5 aromatic rings. The Morgan fingerprint density at radius 3 is 2.40 bits per heavy atom. The normalized spacial score (nSPS) is 15.0. The zero-order valence-electron chi connectivity index (χ0n) is 21.7. The fourth-order valence-electron chi connectivity index (χ4n) is 5.31. The second-order valence-corrected chi connectivity index (χ2v) is 10.1. The minimum absolute atomic E-state index is 0.111. The fraction of sp³-hybridized carbons (Fsp3) is 0.192. The van der Waals surface area contributed by atoms with E-state index in [0.29, 0.717) is 6.07 Å². The number of nitrogens with one attached hydrogen (secondary N) is 2. The number of nitrogens with zero attached hydrogens (tertiary/aromatic N) is 5. The van der Waals surface area contributed by atoms with Crippen molar-refractivity contribution in [2.24, 2.45) is 0 Å². The summed E-state index contributed by atoms with van der Waals surface area (Å²) >= 11 is 6.27. The van der Waals surface area contributed by atoms with Crippen molar-refractivity contribution >= 4 is 50.9 Å². The van der Waals surface area contributed by atoms with E-state index in [-0.39, 0.29) is 37.0 Å². The molecule has 6 rings (SSSR count). The predicted molar refractivity (Wildman–Crippen MR) is 140 cm³/mol. The summed E-state index contributed by atoms with van der Waals surface area (Å²) < 4.78 is 125. The number of carbonyl (C=O) groups is 1. The molecule has 3 heterocycles. The molecule has 2 N–H and O–H groups in total. The lowest BCUT2D eigenvalue weighted by Gasteiger charge is -2.19. The van der Waals surface area contributed by atoms with Gasteiger partial charge in [-0.05, 0) is 41.6 Å². The van der Waals surface area contributed by atoms with Crippen LogP contribution in [0.5, 0.6) is 0 Å². The summed E-state index contributed by atoms with van der Waals surface area (Å²) in [5.74, 6) is -3.88. The molecule has 1 amide bonds. The van der Waals surface area contributed by atoms with Gasteiger partial charge in [0.15, 0.2) is 5.82 Å². The van der Waals surface area contributed by atoms with Crippen LogP contribution < -0.4 is 16.3 Å². The largest absolute Gasteiger partial charge is 0.418 e. The molecule has 1 aliphatic heterocycles. The molecule has 0 radical (unpaired) electrons. The molecule has 1 aliphatic rings. The van der Waals surface area contributed by atoms with Gasteiger partial charge < -0.3 is 10.6 Å². The van der Waals surface area contributed by atoms with Crippen LogP contribution in [-0.4, -0.2) is 36.9 Å². The van der Waals surface area contributed by atoms with Crippen LogP contribution in [0.15, 0.2) is 41.2 Å². The second-order valence-electron chi connectivity index (χ2n) is 9.70. The van der Waals surface area contributed by atoms with Crippen molar-refractivity contribution < 1.29 is 44.3 Å². The first kappa shape index (κ1) is 30.2. The van der Waals surface area contributed by atoms with Crippen molar-refractivity contribution in [1.82, 2.24) is 29.9 Å². The number of anilines is 2. The summed E-state index contributed by atoms with van der Waals surface area (Å²) in [4.78, 5) is 26.3. The van der Waals surface area contributed by atoms with E-state index in [4.69, 9.17) is 11.6 Å². The Kier molecular flexibility index (Phi) is 7.13. The molecule has 9 nitrogen and oxygen atoms in total. The predicted octanol–water partition coefficient (Wildman–Crippen LogP) is 6.33. The van der Waals surface area contributed by atoms with Crippen molar-refractivity contribution in [3.63, 3.8) is 0 Å². The Hall–Kier alpha value is -4.87. The Morgan fingerprint density at radius 2 is 1.73 bits per heavy atom. The number of aromatic nitrogens is 5. The van der Waals surface area contributed by atoms with Gasteiger partial charge in [0.1, 0.15) is 17.2 Å². The topological polar surface area (TPSA) is 107 Å². The van der Waals surface area contributed by atoms with Crippen LogP contribution in [0.3, 0.4) is 0 Å². The van der Waals surface area contributed by atoms with E-state index in [0.717, 1.165) is 24.3 Å². The Balaban J connectivity index is 1.70. The van der Waals surface area contributed by atoms with Crippen molar-refractivity contribution in [2.45, 2.75) is 31.7 Å². The monoisotopic (exact) mass is 661 g/mol. The maximum Gasteiger partial charge on any atom is 0.418 e. The summed E-state index contributed by atoms with van der Waals surface area (Å²) in [5, 5.41) is 14.6. The van der Waals surface area contributed by atoms with Crippen molar-refractivity contribution in [2.75, 3.05) is 5.32 Å². The van der Waals surface area contributed by atoms with Gasteiger partial charge in [0, 0.05) is 21.8 Å². The number of imidazole rings is 1. The number of amides is 1. The number of hydrogen-bond donors (Lipinski definition) is 2. The van der Waals surface area contributed by atoms with Crippen LogP contribution in [0.25, 0.3) is 21.9 Å². The van der Waals surface area contributed by atoms with Crippen LogP contribution in [0.4, 0.5) is 51.0 Å². The zero-order valence-corrected chi connectivity index (χ0v) is 22.5. The third kappa shape index (κ3) is 4.98. The highest BCUT2D eigenvalue weighted by atomic mass is 35.5. The fourth-order valence-corrected chi connectivity index (χ4v) is 5.54. The molecule has 1 atom stereocenters. The molecule has 0 aliphatic carbocycles. The first-order chi connectivity index (χ1) is 21.2. The number of fused-ring (bicyclic) bond motifs is 4. The van der Waals surface area contributed by atoms with Crippen LogP contribution >= 0.6 is 11.6 Å². The van der Waals surface area contributed by atoms with Gasteiger partial charge in [-0.3, -0.25) is 9.36 Å². The van der Waals surface area contributed by atoms with E-state index < -0.39 is 93.9 Å². The number of halogens is 10. The molecular weight excluding hydrogens is 649 g/mol. The molecule has 1 unspecified atom stereocenters. The average Bonchev–Trinajstić information content (AvgIpc) is 3.43. The lowest BCUT2D eigenvalue weighted by molar-refractivity contribution is -0.136. The van der Waals surface area contributed by atoms with Gasteiger partial charge in [0.25, 0.3) is 12.3 Å². The van der Waals surface area contributed by atoms with Crippen LogP contribution in [0.2, 0.25) is 5.02 Å². The van der Waals surface area contributed by atoms with E-state index in [1.165, 1.54) is 0 Å². The van der Waals surface area contributed by atoms with Gasteiger partial charge in [-0.1, -0.05) is 11.6 Å². The molecule has 3 aromatic carbocycles. The van der Waals surface area contributed by atoms with Crippen molar-refractivity contribution in [3.05, 3.63) is 85.8 Å². The molecule has 19 heteroatoms. The zero-order chi connectivity index (χ0) is 32.5. The molecule has 234 valence electrons. The first-order valence-corrected chi connectivity index (χ1v) is 12.9. The maximum absolute atomic E-state index is 14.4. The SMILES string of the molecule is O=C1NC(c2cc(F)ccc2Cl)c2c(Nc3nnnc4c(C(F)(F)F)cc(F)cc34)cc3c(c21)n(C(F)F)c(=O)n3CC(F)F. The van der Waals surface area contributed by atoms with Gasteiger partial charge in [-0.25, -0.2) is 26.9 Å². The summed E-state index contributed by atoms with van der Waals surface area (Å²) in [6, 6.07) is 3.28. The summed E-state index contributed by atoms with van der Waals surface area (Å²) in [6.45, 7) is -5.00. The molecule has 0 bridgehead atoms. The minimum Gasteiger partial charge on any atom is -0.341 e. The van der Waals surface area contributed by atoms with Crippen LogP contribution in [-0.2, 0) is 12.7 Å². The van der Waals surface area contributed by atoms with Crippen LogP contribution in [0, 0.1) is 11.6 Å². The summed E-state index contributed by atoms with van der Waals surface area (Å²) in [5.41, 5.74) is -6.74. The standard InChI is InChI=1S/C26H13ClF9N7O2/c27-13-2-1-8(28)3-10(13)20-17-14(37-22-11-4-9(29)5-12(26(34,35)36)19(11)39-41-40-22)6-15-21(18(17)23(44)38-20)43(24(32)33)25(45)42(15)7-16(30)31/h1-6,16,20,24H,7H2,(H,38,44)(H,37,39,40). The van der Waals surface area contributed by atoms with E-state index in [1.807, 2.05) is 0 Å². The average molecular weight is 662 g/mol. The summed E-state index contributed by atoms with van der Waals surface area (Å²) in [7, 11) is 0. The van der Waals surface area contributed by atoms with Gasteiger partial charge in [0.05, 0.1) is 40.1 Å². The number of carbonyl (C=O) groups excluding carboxylic acids is 1. The number of hydrogen-bond acceptors (Lipinski definition) is 6. The quantitative estimate of drug-likeness (QED) is 0.206. The molecule has 0 fully saturated rings. The van der Waals surface area contributed by atoms with E-state index in [2.05, 4.69) is 26.0 Å². The number of benzene rings is 3. The molecule has 2 aromatic heterocycles.